The topological polar surface area (TPSA) is 78.9 Å². The minimum atomic E-state index is -0.782. The SMILES string of the molecule is CCCC/C=C\C/C=C\CCCCCCCC(=O)OCC(COC(=O)CCCCCCCCCCCCCCCCCCCCCCCCC)OC(=O)CCCCCCCCC/C=C\C/C=C\CCCCC. The highest BCUT2D eigenvalue weighted by Gasteiger charge is 2.19. The lowest BCUT2D eigenvalue weighted by Gasteiger charge is -2.18. The summed E-state index contributed by atoms with van der Waals surface area (Å²) in [7, 11) is 0. The highest BCUT2D eigenvalue weighted by molar-refractivity contribution is 5.71. The van der Waals surface area contributed by atoms with Crippen LogP contribution in [0.3, 0.4) is 0 Å². The van der Waals surface area contributed by atoms with E-state index in [2.05, 4.69) is 69.4 Å². The van der Waals surface area contributed by atoms with E-state index < -0.39 is 6.10 Å². The lowest BCUT2D eigenvalue weighted by atomic mass is 10.0. The smallest absolute Gasteiger partial charge is 0.306 e. The van der Waals surface area contributed by atoms with Crippen LogP contribution in [0.2, 0.25) is 0 Å². The third-order valence-electron chi connectivity index (χ3n) is 14.1. The maximum atomic E-state index is 12.9. The molecule has 1 unspecified atom stereocenters. The number of hydrogen-bond acceptors (Lipinski definition) is 6. The molecule has 6 heteroatoms. The quantitative estimate of drug-likeness (QED) is 0.0261. The highest BCUT2D eigenvalue weighted by atomic mass is 16.6. The molecule has 0 aliphatic rings. The van der Waals surface area contributed by atoms with Crippen molar-refractivity contribution in [2.24, 2.45) is 0 Å². The Morgan fingerprint density at radius 3 is 0.833 bits per heavy atom. The first-order chi connectivity index (χ1) is 35.5. The summed E-state index contributed by atoms with van der Waals surface area (Å²) in [6.07, 6.45) is 75.4. The van der Waals surface area contributed by atoms with Crippen LogP contribution >= 0.6 is 0 Å². The van der Waals surface area contributed by atoms with Crippen molar-refractivity contribution in [3.05, 3.63) is 48.6 Å². The van der Waals surface area contributed by atoms with Gasteiger partial charge in [0, 0.05) is 19.3 Å². The standard InChI is InChI=1S/C66H120O6/c1-4-7-10-13-16-19-22-25-28-30-31-32-33-34-35-37-38-41-44-47-50-53-56-59-65(68)71-62-63(61-70-64(67)58-55-52-49-46-43-40-27-24-21-18-15-12-9-6-3)72-66(69)60-57-54-51-48-45-42-39-36-29-26-23-20-17-14-11-8-5-2/h15,17-18,20,24,26-27,29,63H,4-14,16,19,21-23,25,28,30-62H2,1-3H3/b18-15-,20-17-,27-24-,29-26-. The van der Waals surface area contributed by atoms with Crippen molar-refractivity contribution in [2.75, 3.05) is 13.2 Å². The Kier molecular flexibility index (Phi) is 58.7. The molecule has 0 N–H and O–H groups in total. The number of hydrogen-bond donors (Lipinski definition) is 0. The van der Waals surface area contributed by atoms with E-state index in [1.807, 2.05) is 0 Å². The van der Waals surface area contributed by atoms with Gasteiger partial charge in [0.25, 0.3) is 0 Å². The van der Waals surface area contributed by atoms with Gasteiger partial charge in [-0.1, -0.05) is 288 Å². The molecule has 0 aromatic carbocycles. The van der Waals surface area contributed by atoms with Gasteiger partial charge in [0.1, 0.15) is 13.2 Å². The number of esters is 3. The molecule has 1 atom stereocenters. The molecule has 0 aliphatic heterocycles. The van der Waals surface area contributed by atoms with Gasteiger partial charge in [0.2, 0.25) is 0 Å². The molecule has 0 bridgehead atoms. The average molecular weight is 1010 g/mol. The minimum Gasteiger partial charge on any atom is -0.462 e. The van der Waals surface area contributed by atoms with Crippen molar-refractivity contribution >= 4 is 17.9 Å². The molecule has 6 nitrogen and oxygen atoms in total. The van der Waals surface area contributed by atoms with Crippen molar-refractivity contribution < 1.29 is 28.6 Å². The Bertz CT molecular complexity index is 1250. The van der Waals surface area contributed by atoms with Crippen molar-refractivity contribution in [1.29, 1.82) is 0 Å². The van der Waals surface area contributed by atoms with Crippen LogP contribution in [-0.2, 0) is 28.6 Å². The van der Waals surface area contributed by atoms with E-state index in [1.54, 1.807) is 0 Å². The molecule has 0 amide bonds. The number of ether oxygens (including phenoxy) is 3. The van der Waals surface area contributed by atoms with Crippen LogP contribution in [0.5, 0.6) is 0 Å². The molecule has 0 aromatic heterocycles. The van der Waals surface area contributed by atoms with Crippen LogP contribution in [0.25, 0.3) is 0 Å². The molecule has 0 heterocycles. The molecular formula is C66H120O6. The predicted octanol–water partition coefficient (Wildman–Crippen LogP) is 21.4. The zero-order valence-corrected chi connectivity index (χ0v) is 48.2. The predicted molar refractivity (Wildman–Crippen MR) is 312 cm³/mol. The van der Waals surface area contributed by atoms with Gasteiger partial charge in [-0.2, -0.15) is 0 Å². The van der Waals surface area contributed by atoms with Crippen molar-refractivity contribution in [2.45, 2.75) is 341 Å². The van der Waals surface area contributed by atoms with E-state index in [9.17, 15) is 14.4 Å². The lowest BCUT2D eigenvalue weighted by Crippen LogP contribution is -2.30. The number of carbonyl (C=O) groups is 3. The molecule has 0 fully saturated rings. The normalized spacial score (nSPS) is 12.3. The van der Waals surface area contributed by atoms with Gasteiger partial charge in [-0.15, -0.1) is 0 Å². The Morgan fingerprint density at radius 1 is 0.278 bits per heavy atom. The van der Waals surface area contributed by atoms with E-state index in [4.69, 9.17) is 14.2 Å². The number of allylic oxidation sites excluding steroid dienone is 8. The summed E-state index contributed by atoms with van der Waals surface area (Å²) < 4.78 is 16.9. The van der Waals surface area contributed by atoms with Gasteiger partial charge in [-0.25, -0.2) is 0 Å². The fraction of sp³-hybridized carbons (Fsp3) is 0.833. The van der Waals surface area contributed by atoms with Gasteiger partial charge in [0.15, 0.2) is 6.10 Å². The fourth-order valence-corrected chi connectivity index (χ4v) is 9.26. The maximum Gasteiger partial charge on any atom is 0.306 e. The monoisotopic (exact) mass is 1010 g/mol. The van der Waals surface area contributed by atoms with E-state index in [1.165, 1.54) is 205 Å². The second-order valence-electron chi connectivity index (χ2n) is 21.3. The highest BCUT2D eigenvalue weighted by Crippen LogP contribution is 2.17. The average Bonchev–Trinajstić information content (AvgIpc) is 3.38. The van der Waals surface area contributed by atoms with E-state index in [-0.39, 0.29) is 31.1 Å². The minimum absolute atomic E-state index is 0.0776. The molecule has 0 aliphatic carbocycles. The van der Waals surface area contributed by atoms with Crippen molar-refractivity contribution in [3.8, 4) is 0 Å². The fourth-order valence-electron chi connectivity index (χ4n) is 9.26. The van der Waals surface area contributed by atoms with Gasteiger partial charge in [0.05, 0.1) is 0 Å². The molecule has 420 valence electrons. The van der Waals surface area contributed by atoms with E-state index in [0.29, 0.717) is 19.3 Å². The van der Waals surface area contributed by atoms with Gasteiger partial charge < -0.3 is 14.2 Å². The molecule has 0 rings (SSSR count). The third-order valence-corrected chi connectivity index (χ3v) is 14.1. The van der Waals surface area contributed by atoms with Gasteiger partial charge in [-0.3, -0.25) is 14.4 Å². The summed E-state index contributed by atoms with van der Waals surface area (Å²) in [6.45, 7) is 6.61. The summed E-state index contributed by atoms with van der Waals surface area (Å²) in [5.41, 5.74) is 0. The van der Waals surface area contributed by atoms with Gasteiger partial charge in [-0.05, 0) is 77.0 Å². The molecule has 0 spiro atoms. The lowest BCUT2D eigenvalue weighted by molar-refractivity contribution is -0.167. The Hall–Kier alpha value is -2.63. The largest absolute Gasteiger partial charge is 0.462 e. The molecule has 0 aromatic rings. The Labute approximate surface area is 448 Å². The summed E-state index contributed by atoms with van der Waals surface area (Å²) in [4.78, 5) is 38.3. The first-order valence-electron chi connectivity index (χ1n) is 31.6. The van der Waals surface area contributed by atoms with Gasteiger partial charge >= 0.3 is 17.9 Å². The summed E-state index contributed by atoms with van der Waals surface area (Å²) in [6, 6.07) is 0. The Morgan fingerprint density at radius 2 is 0.514 bits per heavy atom. The zero-order valence-electron chi connectivity index (χ0n) is 48.2. The van der Waals surface area contributed by atoms with Crippen LogP contribution in [0.4, 0.5) is 0 Å². The van der Waals surface area contributed by atoms with Crippen LogP contribution in [-0.4, -0.2) is 37.2 Å². The molecule has 0 saturated heterocycles. The Balaban J connectivity index is 4.30. The number of unbranched alkanes of at least 4 members (excludes halogenated alkanes) is 39. The van der Waals surface area contributed by atoms with Crippen molar-refractivity contribution in [1.82, 2.24) is 0 Å². The van der Waals surface area contributed by atoms with Crippen LogP contribution in [0.15, 0.2) is 48.6 Å². The summed E-state index contributed by atoms with van der Waals surface area (Å²) in [5, 5.41) is 0. The summed E-state index contributed by atoms with van der Waals surface area (Å²) in [5.74, 6) is -0.881. The molecule has 0 radical (unpaired) electrons. The second-order valence-corrected chi connectivity index (χ2v) is 21.3. The van der Waals surface area contributed by atoms with Crippen LogP contribution < -0.4 is 0 Å². The zero-order chi connectivity index (χ0) is 52.2. The van der Waals surface area contributed by atoms with Crippen LogP contribution in [0, 0.1) is 0 Å². The van der Waals surface area contributed by atoms with E-state index >= 15 is 0 Å². The van der Waals surface area contributed by atoms with Crippen molar-refractivity contribution in [3.63, 3.8) is 0 Å². The first-order valence-corrected chi connectivity index (χ1v) is 31.6. The molecule has 72 heavy (non-hydrogen) atoms. The summed E-state index contributed by atoms with van der Waals surface area (Å²) >= 11 is 0. The maximum absolute atomic E-state index is 12.9. The van der Waals surface area contributed by atoms with Crippen LogP contribution in [0.1, 0.15) is 335 Å². The first kappa shape index (κ1) is 69.4. The van der Waals surface area contributed by atoms with E-state index in [0.717, 1.165) is 89.9 Å². The molecular weight excluding hydrogens is 889 g/mol. The number of rotatable bonds is 58. The molecule has 0 saturated carbocycles. The number of carbonyl (C=O) groups excluding carboxylic acids is 3. The second kappa shape index (κ2) is 60.9. The third kappa shape index (κ3) is 58.3.